The van der Waals surface area contributed by atoms with Crippen LogP contribution in [0.15, 0.2) is 42.5 Å². The summed E-state index contributed by atoms with van der Waals surface area (Å²) >= 11 is 0. The van der Waals surface area contributed by atoms with Crippen LogP contribution in [-0.4, -0.2) is 39.8 Å². The van der Waals surface area contributed by atoms with E-state index in [1.807, 2.05) is 0 Å². The van der Waals surface area contributed by atoms with Gasteiger partial charge in [-0.15, -0.1) is 0 Å². The highest BCUT2D eigenvalue weighted by Gasteiger charge is 2.25. The number of ether oxygens (including phenoxy) is 2. The summed E-state index contributed by atoms with van der Waals surface area (Å²) in [5, 5.41) is 2.65. The molecule has 0 saturated heterocycles. The molecule has 2 aromatic carbocycles. The predicted molar refractivity (Wildman–Crippen MR) is 102 cm³/mol. The molecule has 1 amide bonds. The monoisotopic (exact) mass is 408 g/mol. The molecule has 1 N–H and O–H groups in total. The van der Waals surface area contributed by atoms with Crippen molar-refractivity contribution in [3.05, 3.63) is 53.8 Å². The second-order valence-corrected chi connectivity index (χ2v) is 8.32. The fourth-order valence-corrected chi connectivity index (χ4v) is 3.74. The van der Waals surface area contributed by atoms with Crippen molar-refractivity contribution in [2.75, 3.05) is 29.8 Å². The van der Waals surface area contributed by atoms with E-state index in [4.69, 9.17) is 9.47 Å². The minimum Gasteiger partial charge on any atom is -0.486 e. The molecule has 0 aliphatic carbocycles. The smallest absolute Gasteiger partial charge is 0.241 e. The van der Waals surface area contributed by atoms with E-state index in [1.165, 1.54) is 19.1 Å². The van der Waals surface area contributed by atoms with Gasteiger partial charge in [-0.25, -0.2) is 12.8 Å². The zero-order valence-corrected chi connectivity index (χ0v) is 16.2. The minimum atomic E-state index is -3.70. The molecule has 0 radical (unpaired) electrons. The fraction of sp³-hybridized carbons (Fsp3) is 0.316. The SMILES string of the molecule is CCS(=O)(=O)N(CC(=O)NCc1ccc(F)cc1)c1ccc2c(c1)OCCO2. The molecule has 1 aliphatic heterocycles. The van der Waals surface area contributed by atoms with Gasteiger partial charge in [-0.1, -0.05) is 12.1 Å². The molecular formula is C19H21FN2O5S. The zero-order chi connectivity index (χ0) is 20.1. The molecule has 0 unspecified atom stereocenters. The Kier molecular flexibility index (Phi) is 6.03. The lowest BCUT2D eigenvalue weighted by atomic mass is 10.2. The number of anilines is 1. The molecule has 150 valence electrons. The minimum absolute atomic E-state index is 0.160. The summed E-state index contributed by atoms with van der Waals surface area (Å²) in [6.45, 7) is 2.10. The van der Waals surface area contributed by atoms with E-state index in [0.29, 0.717) is 36.0 Å². The van der Waals surface area contributed by atoms with Crippen molar-refractivity contribution in [3.8, 4) is 11.5 Å². The average Bonchev–Trinajstić information content (AvgIpc) is 2.71. The van der Waals surface area contributed by atoms with Crippen LogP contribution in [0.25, 0.3) is 0 Å². The quantitative estimate of drug-likeness (QED) is 0.758. The molecule has 0 spiro atoms. The Morgan fingerprint density at radius 2 is 1.79 bits per heavy atom. The largest absolute Gasteiger partial charge is 0.486 e. The van der Waals surface area contributed by atoms with Gasteiger partial charge in [0.2, 0.25) is 15.9 Å². The molecule has 0 saturated carbocycles. The number of sulfonamides is 1. The van der Waals surface area contributed by atoms with E-state index >= 15 is 0 Å². The molecule has 3 rings (SSSR count). The highest BCUT2D eigenvalue weighted by atomic mass is 32.2. The van der Waals surface area contributed by atoms with Crippen LogP contribution in [0.1, 0.15) is 12.5 Å². The molecule has 0 fully saturated rings. The summed E-state index contributed by atoms with van der Waals surface area (Å²) in [7, 11) is -3.70. The van der Waals surface area contributed by atoms with Gasteiger partial charge in [-0.3, -0.25) is 9.10 Å². The summed E-state index contributed by atoms with van der Waals surface area (Å²) in [4.78, 5) is 12.4. The van der Waals surface area contributed by atoms with Gasteiger partial charge in [-0.05, 0) is 36.8 Å². The Balaban J connectivity index is 1.75. The molecule has 0 bridgehead atoms. The Bertz CT molecular complexity index is 947. The Morgan fingerprint density at radius 1 is 1.11 bits per heavy atom. The van der Waals surface area contributed by atoms with Crippen molar-refractivity contribution >= 4 is 21.6 Å². The summed E-state index contributed by atoms with van der Waals surface area (Å²) < 4.78 is 50.0. The van der Waals surface area contributed by atoms with Crippen LogP contribution in [-0.2, 0) is 21.4 Å². The van der Waals surface area contributed by atoms with Gasteiger partial charge in [0.1, 0.15) is 25.6 Å². The maximum absolute atomic E-state index is 13.0. The van der Waals surface area contributed by atoms with E-state index < -0.39 is 15.9 Å². The highest BCUT2D eigenvalue weighted by Crippen LogP contribution is 2.34. The first-order valence-electron chi connectivity index (χ1n) is 8.80. The van der Waals surface area contributed by atoms with Gasteiger partial charge in [0.25, 0.3) is 0 Å². The topological polar surface area (TPSA) is 84.9 Å². The first kappa shape index (κ1) is 19.9. The number of amides is 1. The summed E-state index contributed by atoms with van der Waals surface area (Å²) in [5.74, 6) is -0.0336. The normalized spacial score (nSPS) is 13.1. The summed E-state index contributed by atoms with van der Waals surface area (Å²) in [6, 6.07) is 10.4. The summed E-state index contributed by atoms with van der Waals surface area (Å²) in [6.07, 6.45) is 0. The maximum Gasteiger partial charge on any atom is 0.241 e. The molecule has 2 aromatic rings. The van der Waals surface area contributed by atoms with Crippen LogP contribution in [0.3, 0.4) is 0 Å². The van der Waals surface area contributed by atoms with Gasteiger partial charge in [0.05, 0.1) is 11.4 Å². The average molecular weight is 408 g/mol. The van der Waals surface area contributed by atoms with E-state index in [9.17, 15) is 17.6 Å². The number of hydrogen-bond donors (Lipinski definition) is 1. The Hall–Kier alpha value is -2.81. The fourth-order valence-electron chi connectivity index (χ4n) is 2.68. The molecule has 7 nitrogen and oxygen atoms in total. The lowest BCUT2D eigenvalue weighted by Gasteiger charge is -2.25. The molecule has 28 heavy (non-hydrogen) atoms. The van der Waals surface area contributed by atoms with E-state index in [2.05, 4.69) is 5.32 Å². The molecule has 1 aliphatic rings. The lowest BCUT2D eigenvalue weighted by Crippen LogP contribution is -2.41. The molecule has 1 heterocycles. The van der Waals surface area contributed by atoms with Crippen molar-refractivity contribution in [2.24, 2.45) is 0 Å². The van der Waals surface area contributed by atoms with E-state index in [1.54, 1.807) is 30.3 Å². The summed E-state index contributed by atoms with van der Waals surface area (Å²) in [5.41, 5.74) is 1.03. The first-order valence-corrected chi connectivity index (χ1v) is 10.4. The van der Waals surface area contributed by atoms with Crippen LogP contribution in [0.2, 0.25) is 0 Å². The number of fused-ring (bicyclic) bond motifs is 1. The van der Waals surface area contributed by atoms with Crippen molar-refractivity contribution in [3.63, 3.8) is 0 Å². The number of carbonyl (C=O) groups is 1. The molecule has 0 aromatic heterocycles. The first-order chi connectivity index (χ1) is 13.4. The second-order valence-electron chi connectivity index (χ2n) is 6.14. The van der Waals surface area contributed by atoms with Crippen LogP contribution in [0, 0.1) is 5.82 Å². The second kappa shape index (κ2) is 8.47. The van der Waals surface area contributed by atoms with E-state index in [-0.39, 0.29) is 24.7 Å². The number of rotatable bonds is 7. The van der Waals surface area contributed by atoms with Crippen LogP contribution < -0.4 is 19.1 Å². The standard InChI is InChI=1S/C19H21FN2O5S/c1-2-28(24,25)22(16-7-8-17-18(11-16)27-10-9-26-17)13-19(23)21-12-14-3-5-15(20)6-4-14/h3-8,11H,2,9-10,12-13H2,1H3,(H,21,23). The van der Waals surface area contributed by atoms with Crippen LogP contribution in [0.5, 0.6) is 11.5 Å². The number of nitrogens with zero attached hydrogens (tertiary/aromatic N) is 1. The maximum atomic E-state index is 13.0. The van der Waals surface area contributed by atoms with Gasteiger partial charge >= 0.3 is 0 Å². The van der Waals surface area contributed by atoms with Crippen molar-refractivity contribution in [1.82, 2.24) is 5.32 Å². The Morgan fingerprint density at radius 3 is 2.46 bits per heavy atom. The van der Waals surface area contributed by atoms with Gasteiger partial charge in [-0.2, -0.15) is 0 Å². The lowest BCUT2D eigenvalue weighted by molar-refractivity contribution is -0.119. The van der Waals surface area contributed by atoms with Crippen LogP contribution >= 0.6 is 0 Å². The van der Waals surface area contributed by atoms with Crippen molar-refractivity contribution < 1.29 is 27.1 Å². The number of nitrogens with one attached hydrogen (secondary N) is 1. The van der Waals surface area contributed by atoms with Gasteiger partial charge in [0, 0.05) is 12.6 Å². The third-order valence-corrected chi connectivity index (χ3v) is 5.95. The van der Waals surface area contributed by atoms with Crippen LogP contribution in [0.4, 0.5) is 10.1 Å². The predicted octanol–water partition coefficient (Wildman–Crippen LogP) is 2.07. The van der Waals surface area contributed by atoms with Gasteiger partial charge in [0.15, 0.2) is 11.5 Å². The number of benzene rings is 2. The third kappa shape index (κ3) is 4.72. The van der Waals surface area contributed by atoms with Crippen molar-refractivity contribution in [2.45, 2.75) is 13.5 Å². The van der Waals surface area contributed by atoms with Crippen molar-refractivity contribution in [1.29, 1.82) is 0 Å². The highest BCUT2D eigenvalue weighted by molar-refractivity contribution is 7.92. The van der Waals surface area contributed by atoms with E-state index in [0.717, 1.165) is 4.31 Å². The number of halogens is 1. The molecule has 9 heteroatoms. The Labute approximate surface area is 163 Å². The zero-order valence-electron chi connectivity index (χ0n) is 15.4. The number of hydrogen-bond acceptors (Lipinski definition) is 5. The molecule has 0 atom stereocenters. The van der Waals surface area contributed by atoms with Gasteiger partial charge < -0.3 is 14.8 Å². The third-order valence-electron chi connectivity index (χ3n) is 4.20. The molecular weight excluding hydrogens is 387 g/mol. The number of carbonyl (C=O) groups excluding carboxylic acids is 1.